The zero-order valence-corrected chi connectivity index (χ0v) is 15.6. The second kappa shape index (κ2) is 6.46. The third-order valence-electron chi connectivity index (χ3n) is 7.39. The molecule has 1 heterocycles. The van der Waals surface area contributed by atoms with E-state index in [1.54, 1.807) is 6.07 Å². The van der Waals surface area contributed by atoms with Crippen molar-refractivity contribution in [1.29, 1.82) is 0 Å². The Labute approximate surface area is 151 Å². The maximum atomic E-state index is 13.2. The molecule has 0 amide bonds. The second-order valence-electron chi connectivity index (χ2n) is 9.24. The fraction of sp³-hybridized carbons (Fsp3) is 0.714. The summed E-state index contributed by atoms with van der Waals surface area (Å²) in [6.45, 7) is 8.55. The summed E-state index contributed by atoms with van der Waals surface area (Å²) in [5.74, 6) is 2.58. The van der Waals surface area contributed by atoms with E-state index in [1.165, 1.54) is 37.9 Å². The fourth-order valence-corrected chi connectivity index (χ4v) is 5.48. The van der Waals surface area contributed by atoms with E-state index in [2.05, 4.69) is 24.1 Å². The summed E-state index contributed by atoms with van der Waals surface area (Å²) >= 11 is 0. The molecule has 1 aromatic carbocycles. The van der Waals surface area contributed by atoms with Crippen molar-refractivity contribution in [3.05, 3.63) is 24.0 Å². The van der Waals surface area contributed by atoms with Gasteiger partial charge in [0.1, 0.15) is 5.82 Å². The number of nitrogens with zero attached hydrogens (tertiary/aromatic N) is 1. The van der Waals surface area contributed by atoms with Crippen molar-refractivity contribution in [3.63, 3.8) is 0 Å². The minimum Gasteiger partial charge on any atom is -0.397 e. The highest BCUT2D eigenvalue weighted by molar-refractivity contribution is 5.66. The number of nitrogens with two attached hydrogens (primary N) is 1. The van der Waals surface area contributed by atoms with Gasteiger partial charge in [-0.3, -0.25) is 0 Å². The van der Waals surface area contributed by atoms with Gasteiger partial charge in [0.05, 0.1) is 11.4 Å². The predicted molar refractivity (Wildman–Crippen MR) is 102 cm³/mol. The number of hydrogen-bond donors (Lipinski definition) is 2. The summed E-state index contributed by atoms with van der Waals surface area (Å²) in [6, 6.07) is 5.08. The molecule has 3 saturated carbocycles. The first-order chi connectivity index (χ1) is 11.9. The van der Waals surface area contributed by atoms with Crippen LogP contribution in [0.5, 0.6) is 0 Å². The van der Waals surface area contributed by atoms with E-state index in [9.17, 15) is 4.39 Å². The lowest BCUT2D eigenvalue weighted by atomic mass is 9.47. The summed E-state index contributed by atoms with van der Waals surface area (Å²) in [5, 5.41) is 3.51. The van der Waals surface area contributed by atoms with Crippen molar-refractivity contribution < 1.29 is 4.39 Å². The van der Waals surface area contributed by atoms with Gasteiger partial charge in [-0.05, 0) is 73.5 Å². The van der Waals surface area contributed by atoms with Crippen LogP contribution in [0.1, 0.15) is 46.0 Å². The average molecular weight is 346 g/mol. The van der Waals surface area contributed by atoms with E-state index < -0.39 is 0 Å². The van der Waals surface area contributed by atoms with Crippen molar-refractivity contribution in [2.24, 2.45) is 23.2 Å². The molecule has 4 fully saturated rings. The first-order valence-electron chi connectivity index (χ1n) is 9.95. The zero-order chi connectivity index (χ0) is 17.6. The predicted octanol–water partition coefficient (Wildman–Crippen LogP) is 4.36. The van der Waals surface area contributed by atoms with Crippen molar-refractivity contribution in [1.82, 2.24) is 4.90 Å². The first-order valence-corrected chi connectivity index (χ1v) is 9.95. The molecule has 0 aromatic heterocycles. The summed E-state index contributed by atoms with van der Waals surface area (Å²) in [4.78, 5) is 2.66. The SMILES string of the molecule is CC1(C)[C@@H]2CC(CN3CCC(Nc4ccc(F)cc4N)CC3)C[C@H]1C2. The molecule has 3 aliphatic carbocycles. The van der Waals surface area contributed by atoms with Crippen LogP contribution in [-0.4, -0.2) is 30.6 Å². The van der Waals surface area contributed by atoms with Gasteiger partial charge in [0.15, 0.2) is 0 Å². The second-order valence-corrected chi connectivity index (χ2v) is 9.24. The van der Waals surface area contributed by atoms with Gasteiger partial charge in [-0.1, -0.05) is 13.8 Å². The van der Waals surface area contributed by atoms with E-state index in [0.717, 1.165) is 49.4 Å². The molecule has 0 spiro atoms. The third-order valence-corrected chi connectivity index (χ3v) is 7.39. The fourth-order valence-electron chi connectivity index (χ4n) is 5.48. The molecule has 138 valence electrons. The molecule has 1 aromatic rings. The van der Waals surface area contributed by atoms with Crippen LogP contribution in [0.2, 0.25) is 0 Å². The molecule has 1 unspecified atom stereocenters. The molecule has 3 atom stereocenters. The van der Waals surface area contributed by atoms with E-state index >= 15 is 0 Å². The molecule has 3 nitrogen and oxygen atoms in total. The zero-order valence-electron chi connectivity index (χ0n) is 15.6. The number of halogens is 1. The van der Waals surface area contributed by atoms with Crippen LogP contribution < -0.4 is 11.1 Å². The van der Waals surface area contributed by atoms with Gasteiger partial charge in [0.25, 0.3) is 0 Å². The molecule has 2 bridgehead atoms. The minimum absolute atomic E-state index is 0.272. The summed E-state index contributed by atoms with van der Waals surface area (Å²) in [7, 11) is 0. The Kier molecular flexibility index (Phi) is 4.43. The van der Waals surface area contributed by atoms with Gasteiger partial charge < -0.3 is 16.0 Å². The number of piperidine rings is 1. The summed E-state index contributed by atoms with van der Waals surface area (Å²) < 4.78 is 13.2. The summed E-state index contributed by atoms with van der Waals surface area (Å²) in [6.07, 6.45) is 6.64. The largest absolute Gasteiger partial charge is 0.397 e. The Morgan fingerprint density at radius 1 is 1.16 bits per heavy atom. The van der Waals surface area contributed by atoms with Crippen LogP contribution in [-0.2, 0) is 0 Å². The lowest BCUT2D eigenvalue weighted by Crippen LogP contribution is -2.52. The molecular weight excluding hydrogens is 313 g/mol. The lowest BCUT2D eigenvalue weighted by molar-refractivity contribution is -0.0950. The van der Waals surface area contributed by atoms with Crippen LogP contribution in [0.4, 0.5) is 15.8 Å². The normalized spacial score (nSPS) is 32.2. The average Bonchev–Trinajstić information content (AvgIpc) is 2.59. The van der Waals surface area contributed by atoms with Crippen molar-refractivity contribution in [3.8, 4) is 0 Å². The van der Waals surface area contributed by atoms with E-state index in [1.807, 2.05) is 0 Å². The van der Waals surface area contributed by atoms with Crippen LogP contribution in [0.3, 0.4) is 0 Å². The standard InChI is InChI=1S/C21H32FN3/c1-21(2)15-9-14(10-16(21)11-15)13-25-7-5-18(6-8-25)24-20-4-3-17(22)12-19(20)23/h3-4,12,14-16,18,24H,5-11,13,23H2,1-2H3/t14?,15-,16+. The number of anilines is 2. The van der Waals surface area contributed by atoms with Crippen molar-refractivity contribution in [2.45, 2.75) is 52.0 Å². The Balaban J connectivity index is 1.24. The molecule has 25 heavy (non-hydrogen) atoms. The number of fused-ring (bicyclic) bond motifs is 2. The van der Waals surface area contributed by atoms with Gasteiger partial charge >= 0.3 is 0 Å². The quantitative estimate of drug-likeness (QED) is 0.797. The number of nitrogens with one attached hydrogen (secondary N) is 1. The van der Waals surface area contributed by atoms with E-state index in [-0.39, 0.29) is 5.82 Å². The molecule has 4 heteroatoms. The highest BCUT2D eigenvalue weighted by Gasteiger charge is 2.52. The summed E-state index contributed by atoms with van der Waals surface area (Å²) in [5.41, 5.74) is 7.91. The number of benzene rings is 1. The topological polar surface area (TPSA) is 41.3 Å². The highest BCUT2D eigenvalue weighted by Crippen LogP contribution is 2.60. The maximum absolute atomic E-state index is 13.2. The Morgan fingerprint density at radius 2 is 1.84 bits per heavy atom. The Bertz CT molecular complexity index is 608. The smallest absolute Gasteiger partial charge is 0.125 e. The molecule has 3 N–H and O–H groups in total. The van der Waals surface area contributed by atoms with Gasteiger partial charge in [0.2, 0.25) is 0 Å². The maximum Gasteiger partial charge on any atom is 0.125 e. The molecule has 0 radical (unpaired) electrons. The van der Waals surface area contributed by atoms with Gasteiger partial charge in [-0.15, -0.1) is 0 Å². The minimum atomic E-state index is -0.272. The monoisotopic (exact) mass is 345 g/mol. The Morgan fingerprint density at radius 3 is 2.44 bits per heavy atom. The molecule has 5 rings (SSSR count). The molecule has 1 aliphatic heterocycles. The van der Waals surface area contributed by atoms with Crippen LogP contribution >= 0.6 is 0 Å². The van der Waals surface area contributed by atoms with Crippen LogP contribution in [0, 0.1) is 29.0 Å². The molecule has 1 saturated heterocycles. The van der Waals surface area contributed by atoms with Gasteiger partial charge in [-0.2, -0.15) is 0 Å². The van der Waals surface area contributed by atoms with E-state index in [4.69, 9.17) is 5.73 Å². The Hall–Kier alpha value is -1.29. The number of rotatable bonds is 4. The number of hydrogen-bond acceptors (Lipinski definition) is 3. The lowest BCUT2D eigenvalue weighted by Gasteiger charge is -2.59. The number of nitrogen functional groups attached to an aromatic ring is 1. The van der Waals surface area contributed by atoms with Crippen LogP contribution in [0.25, 0.3) is 0 Å². The first kappa shape index (κ1) is 17.1. The molecular formula is C21H32FN3. The van der Waals surface area contributed by atoms with Crippen molar-refractivity contribution >= 4 is 11.4 Å². The third kappa shape index (κ3) is 3.38. The van der Waals surface area contributed by atoms with Crippen LogP contribution in [0.15, 0.2) is 18.2 Å². The van der Waals surface area contributed by atoms with Gasteiger partial charge in [-0.25, -0.2) is 4.39 Å². The van der Waals surface area contributed by atoms with E-state index in [0.29, 0.717) is 17.1 Å². The van der Waals surface area contributed by atoms with Gasteiger partial charge in [0, 0.05) is 25.7 Å². The van der Waals surface area contributed by atoms with Crippen molar-refractivity contribution in [2.75, 3.05) is 30.7 Å². The highest BCUT2D eigenvalue weighted by atomic mass is 19.1. The number of likely N-dealkylation sites (tertiary alicyclic amines) is 1. The molecule has 4 aliphatic rings.